The van der Waals surface area contributed by atoms with Crippen LogP contribution in [0.2, 0.25) is 0 Å². The average molecular weight is 304 g/mol. The fourth-order valence-corrected chi connectivity index (χ4v) is 3.07. The van der Waals surface area contributed by atoms with E-state index < -0.39 is 0 Å². The molecule has 0 bridgehead atoms. The van der Waals surface area contributed by atoms with Crippen LogP contribution in [0.1, 0.15) is 29.4 Å². The monoisotopic (exact) mass is 304 g/mol. The molecule has 0 spiro atoms. The molecule has 3 N–H and O–H groups in total. The van der Waals surface area contributed by atoms with Gasteiger partial charge in [0.05, 0.1) is 16.9 Å². The lowest BCUT2D eigenvalue weighted by Gasteiger charge is -2.14. The number of oxime groups is 1. The van der Waals surface area contributed by atoms with E-state index in [-0.39, 0.29) is 5.84 Å². The molecule has 112 valence electrons. The minimum absolute atomic E-state index is 0.103. The van der Waals surface area contributed by atoms with E-state index in [1.807, 2.05) is 43.7 Å². The van der Waals surface area contributed by atoms with Crippen LogP contribution in [0.4, 0.5) is 0 Å². The van der Waals surface area contributed by atoms with Crippen molar-refractivity contribution in [2.45, 2.75) is 32.6 Å². The molecule has 0 atom stereocenters. The van der Waals surface area contributed by atoms with E-state index >= 15 is 0 Å². The summed E-state index contributed by atoms with van der Waals surface area (Å²) in [6, 6.07) is 5.88. The molecule has 0 fully saturated rings. The molecule has 1 heterocycles. The summed E-state index contributed by atoms with van der Waals surface area (Å²) in [6.07, 6.45) is 0. The molecule has 6 heteroatoms. The molecule has 0 amide bonds. The van der Waals surface area contributed by atoms with Gasteiger partial charge < -0.3 is 10.9 Å². The zero-order chi connectivity index (χ0) is 15.6. The van der Waals surface area contributed by atoms with Gasteiger partial charge in [0.25, 0.3) is 0 Å². The van der Waals surface area contributed by atoms with E-state index in [2.05, 4.69) is 17.2 Å². The highest BCUT2D eigenvalue weighted by atomic mass is 32.2. The normalized spacial score (nSPS) is 11.9. The Morgan fingerprint density at radius 1 is 1.38 bits per heavy atom. The predicted octanol–water partition coefficient (Wildman–Crippen LogP) is 3.00. The van der Waals surface area contributed by atoms with Crippen molar-refractivity contribution in [2.75, 3.05) is 5.75 Å². The van der Waals surface area contributed by atoms with Crippen LogP contribution in [0.5, 0.6) is 0 Å². The van der Waals surface area contributed by atoms with E-state index in [1.54, 1.807) is 11.8 Å². The zero-order valence-corrected chi connectivity index (χ0v) is 13.5. The highest BCUT2D eigenvalue weighted by Gasteiger charge is 2.18. The molecule has 0 aliphatic carbocycles. The topological polar surface area (TPSA) is 76.4 Å². The van der Waals surface area contributed by atoms with Crippen LogP contribution in [0, 0.1) is 20.8 Å². The van der Waals surface area contributed by atoms with E-state index in [9.17, 15) is 0 Å². The lowest BCUT2D eigenvalue weighted by Crippen LogP contribution is -2.18. The smallest absolute Gasteiger partial charge is 0.173 e. The van der Waals surface area contributed by atoms with Gasteiger partial charge in [-0.1, -0.05) is 18.1 Å². The molecule has 1 aromatic heterocycles. The van der Waals surface area contributed by atoms with Crippen LogP contribution in [-0.2, 0) is 0 Å². The van der Waals surface area contributed by atoms with Gasteiger partial charge in [-0.25, -0.2) is 4.68 Å². The molecule has 0 aliphatic heterocycles. The second-order valence-corrected chi connectivity index (χ2v) is 6.08. The summed E-state index contributed by atoms with van der Waals surface area (Å²) in [6.45, 7) is 8.11. The Labute approximate surface area is 128 Å². The molecular formula is C15H20N4OS. The third-order valence-corrected chi connectivity index (χ3v) is 4.49. The molecular weight excluding hydrogens is 284 g/mol. The Hall–Kier alpha value is -1.95. The number of benzene rings is 1. The van der Waals surface area contributed by atoms with Crippen molar-refractivity contribution in [3.63, 3.8) is 0 Å². The van der Waals surface area contributed by atoms with Gasteiger partial charge in [-0.2, -0.15) is 5.10 Å². The highest BCUT2D eigenvalue weighted by Crippen LogP contribution is 2.29. The first-order valence-electron chi connectivity index (χ1n) is 6.78. The molecule has 0 aliphatic rings. The minimum Gasteiger partial charge on any atom is -0.409 e. The number of thioether (sulfide) groups is 1. The Bertz CT molecular complexity index is 691. The Balaban J connectivity index is 2.73. The second kappa shape index (κ2) is 6.22. The third kappa shape index (κ3) is 2.76. The van der Waals surface area contributed by atoms with Crippen molar-refractivity contribution in [3.8, 4) is 5.69 Å². The summed E-state index contributed by atoms with van der Waals surface area (Å²) >= 11 is 1.66. The standard InChI is InChI=1S/C15H20N4OS/c1-5-21-13-8-6-7-12(14(13)15(16)18-20)19-11(4)9(2)10(3)17-19/h6-8,20H,5H2,1-4H3,(H2,16,18). The van der Waals surface area contributed by atoms with E-state index in [1.165, 1.54) is 0 Å². The summed E-state index contributed by atoms with van der Waals surface area (Å²) < 4.78 is 1.86. The molecule has 0 saturated heterocycles. The Morgan fingerprint density at radius 2 is 2.10 bits per heavy atom. The van der Waals surface area contributed by atoms with Crippen LogP contribution in [0.25, 0.3) is 5.69 Å². The maximum atomic E-state index is 9.11. The van der Waals surface area contributed by atoms with Gasteiger partial charge in [0.2, 0.25) is 0 Å². The van der Waals surface area contributed by atoms with Crippen molar-refractivity contribution in [2.24, 2.45) is 10.9 Å². The lowest BCUT2D eigenvalue weighted by molar-refractivity contribution is 0.318. The lowest BCUT2D eigenvalue weighted by atomic mass is 10.1. The maximum Gasteiger partial charge on any atom is 0.173 e. The molecule has 21 heavy (non-hydrogen) atoms. The number of aromatic nitrogens is 2. The van der Waals surface area contributed by atoms with Crippen LogP contribution >= 0.6 is 11.8 Å². The fourth-order valence-electron chi connectivity index (χ4n) is 2.23. The van der Waals surface area contributed by atoms with Gasteiger partial charge >= 0.3 is 0 Å². The van der Waals surface area contributed by atoms with Gasteiger partial charge in [-0.15, -0.1) is 11.8 Å². The van der Waals surface area contributed by atoms with Crippen molar-refractivity contribution < 1.29 is 5.21 Å². The quantitative estimate of drug-likeness (QED) is 0.299. The van der Waals surface area contributed by atoms with Crippen LogP contribution in [0.15, 0.2) is 28.3 Å². The molecule has 1 aromatic carbocycles. The van der Waals surface area contributed by atoms with Gasteiger partial charge in [-0.3, -0.25) is 0 Å². The Morgan fingerprint density at radius 3 is 2.62 bits per heavy atom. The summed E-state index contributed by atoms with van der Waals surface area (Å²) in [4.78, 5) is 0.982. The predicted molar refractivity (Wildman–Crippen MR) is 86.7 cm³/mol. The van der Waals surface area contributed by atoms with Gasteiger partial charge in [0.15, 0.2) is 5.84 Å². The SMILES string of the molecule is CCSc1cccc(-n2nc(C)c(C)c2C)c1/C(N)=N/O. The summed E-state index contributed by atoms with van der Waals surface area (Å²) in [7, 11) is 0. The first kappa shape index (κ1) is 15.4. The molecule has 5 nitrogen and oxygen atoms in total. The van der Waals surface area contributed by atoms with E-state index in [0.717, 1.165) is 38.9 Å². The first-order valence-corrected chi connectivity index (χ1v) is 7.76. The largest absolute Gasteiger partial charge is 0.409 e. The first-order chi connectivity index (χ1) is 10.0. The van der Waals surface area contributed by atoms with E-state index in [4.69, 9.17) is 10.9 Å². The number of hydrogen-bond donors (Lipinski definition) is 2. The molecule has 0 radical (unpaired) electrons. The Kier molecular flexibility index (Phi) is 4.57. The highest BCUT2D eigenvalue weighted by molar-refractivity contribution is 7.99. The third-order valence-electron chi connectivity index (χ3n) is 3.55. The molecule has 0 saturated carbocycles. The number of hydrogen-bond acceptors (Lipinski definition) is 4. The number of amidine groups is 1. The number of aryl methyl sites for hydroxylation is 1. The zero-order valence-electron chi connectivity index (χ0n) is 12.7. The van der Waals surface area contributed by atoms with Gasteiger partial charge in [0.1, 0.15) is 0 Å². The van der Waals surface area contributed by atoms with Crippen molar-refractivity contribution in [1.82, 2.24) is 9.78 Å². The summed E-state index contributed by atoms with van der Waals surface area (Å²) in [5.74, 6) is 1.01. The van der Waals surface area contributed by atoms with Crippen LogP contribution in [0.3, 0.4) is 0 Å². The van der Waals surface area contributed by atoms with Crippen molar-refractivity contribution in [3.05, 3.63) is 40.7 Å². The van der Waals surface area contributed by atoms with Crippen LogP contribution in [-0.4, -0.2) is 26.6 Å². The molecule has 2 rings (SSSR count). The second-order valence-electron chi connectivity index (χ2n) is 4.78. The number of rotatable bonds is 4. The van der Waals surface area contributed by atoms with Crippen molar-refractivity contribution >= 4 is 17.6 Å². The van der Waals surface area contributed by atoms with Gasteiger partial charge in [-0.05, 0) is 44.2 Å². The molecule has 0 unspecified atom stereocenters. The van der Waals surface area contributed by atoms with Crippen LogP contribution < -0.4 is 5.73 Å². The summed E-state index contributed by atoms with van der Waals surface area (Å²) in [5.41, 5.74) is 10.6. The maximum absolute atomic E-state index is 9.11. The van der Waals surface area contributed by atoms with Crippen molar-refractivity contribution in [1.29, 1.82) is 0 Å². The number of nitrogens with zero attached hydrogens (tertiary/aromatic N) is 3. The summed E-state index contributed by atoms with van der Waals surface area (Å²) in [5, 5.41) is 16.9. The number of nitrogens with two attached hydrogens (primary N) is 1. The van der Waals surface area contributed by atoms with Gasteiger partial charge in [0, 0.05) is 10.6 Å². The fraction of sp³-hybridized carbons (Fsp3) is 0.333. The average Bonchev–Trinajstić information content (AvgIpc) is 2.74. The van der Waals surface area contributed by atoms with E-state index in [0.29, 0.717) is 0 Å². The minimum atomic E-state index is 0.103. The molecule has 2 aromatic rings.